The van der Waals surface area contributed by atoms with E-state index in [9.17, 15) is 0 Å². The minimum absolute atomic E-state index is 0.663. The number of unbranched alkanes of at least 4 members (excludes halogenated alkanes) is 4. The average molecular weight is 239 g/mol. The van der Waals surface area contributed by atoms with E-state index in [2.05, 4.69) is 33.0 Å². The third kappa shape index (κ3) is 5.42. The van der Waals surface area contributed by atoms with Gasteiger partial charge in [-0.1, -0.05) is 52.9 Å². The Labute approximate surface area is 109 Å². The van der Waals surface area contributed by atoms with Crippen molar-refractivity contribution in [3.63, 3.8) is 0 Å². The van der Waals surface area contributed by atoms with Gasteiger partial charge in [0.05, 0.1) is 0 Å². The molecule has 1 aliphatic carbocycles. The van der Waals surface area contributed by atoms with Gasteiger partial charge in [0.2, 0.25) is 0 Å². The van der Waals surface area contributed by atoms with Gasteiger partial charge in [-0.3, -0.25) is 0 Å². The molecule has 0 aromatic rings. The predicted molar refractivity (Wildman–Crippen MR) is 77.3 cm³/mol. The number of rotatable bonds is 10. The van der Waals surface area contributed by atoms with Gasteiger partial charge in [-0.05, 0) is 37.5 Å². The predicted octanol–water partition coefficient (Wildman–Crippen LogP) is 4.76. The quantitative estimate of drug-likeness (QED) is 0.542. The van der Waals surface area contributed by atoms with Crippen LogP contribution < -0.4 is 5.32 Å². The monoisotopic (exact) mass is 239 g/mol. The summed E-state index contributed by atoms with van der Waals surface area (Å²) in [5.74, 6) is 0.853. The number of nitrogens with one attached hydrogen (secondary N) is 1. The van der Waals surface area contributed by atoms with Crippen LogP contribution in [0.3, 0.4) is 0 Å². The largest absolute Gasteiger partial charge is 0.314 e. The topological polar surface area (TPSA) is 12.0 Å². The van der Waals surface area contributed by atoms with E-state index in [0.717, 1.165) is 5.92 Å². The van der Waals surface area contributed by atoms with Crippen LogP contribution in [-0.2, 0) is 0 Å². The Kier molecular flexibility index (Phi) is 6.54. The highest BCUT2D eigenvalue weighted by atomic mass is 14.9. The highest BCUT2D eigenvalue weighted by molar-refractivity contribution is 4.97. The molecule has 1 N–H and O–H groups in total. The molecule has 0 spiro atoms. The van der Waals surface area contributed by atoms with Crippen molar-refractivity contribution >= 4 is 0 Å². The van der Waals surface area contributed by atoms with Crippen LogP contribution in [0.4, 0.5) is 0 Å². The fraction of sp³-hybridized carbons (Fsp3) is 1.00. The lowest BCUT2D eigenvalue weighted by atomic mass is 9.92. The van der Waals surface area contributed by atoms with Gasteiger partial charge in [0.25, 0.3) is 0 Å². The Morgan fingerprint density at radius 3 is 2.18 bits per heavy atom. The molecule has 0 radical (unpaired) electrons. The standard InChI is InChI=1S/C16H33N/c1-5-6-7-8-9-10-15(4)17-13-16(11-12-16)14(2)3/h14-15,17H,5-13H2,1-4H3. The molecule has 1 rings (SSSR count). The summed E-state index contributed by atoms with van der Waals surface area (Å²) in [5, 5.41) is 3.76. The van der Waals surface area contributed by atoms with E-state index in [1.165, 1.54) is 57.9 Å². The molecule has 0 heterocycles. The first-order valence-electron chi connectivity index (χ1n) is 7.84. The molecular formula is C16H33N. The zero-order chi connectivity index (χ0) is 12.7. The van der Waals surface area contributed by atoms with Crippen molar-refractivity contribution in [3.05, 3.63) is 0 Å². The fourth-order valence-corrected chi connectivity index (χ4v) is 2.65. The van der Waals surface area contributed by atoms with Gasteiger partial charge >= 0.3 is 0 Å². The van der Waals surface area contributed by atoms with Crippen LogP contribution in [0.2, 0.25) is 0 Å². The van der Waals surface area contributed by atoms with E-state index in [4.69, 9.17) is 0 Å². The first-order valence-corrected chi connectivity index (χ1v) is 7.84. The first-order chi connectivity index (χ1) is 8.10. The second-order valence-corrected chi connectivity index (χ2v) is 6.50. The van der Waals surface area contributed by atoms with E-state index in [-0.39, 0.29) is 0 Å². The van der Waals surface area contributed by atoms with Crippen LogP contribution in [0.1, 0.15) is 79.1 Å². The van der Waals surface area contributed by atoms with Crippen molar-refractivity contribution in [2.75, 3.05) is 6.54 Å². The molecule has 102 valence electrons. The van der Waals surface area contributed by atoms with Gasteiger partial charge in [-0.15, -0.1) is 0 Å². The lowest BCUT2D eigenvalue weighted by molar-refractivity contribution is 0.317. The van der Waals surface area contributed by atoms with Crippen molar-refractivity contribution in [1.82, 2.24) is 5.32 Å². The van der Waals surface area contributed by atoms with Crippen LogP contribution in [0, 0.1) is 11.3 Å². The highest BCUT2D eigenvalue weighted by Gasteiger charge is 2.44. The second kappa shape index (κ2) is 7.41. The van der Waals surface area contributed by atoms with Gasteiger partial charge in [-0.25, -0.2) is 0 Å². The van der Waals surface area contributed by atoms with Crippen molar-refractivity contribution < 1.29 is 0 Å². The molecule has 17 heavy (non-hydrogen) atoms. The Hall–Kier alpha value is -0.0400. The van der Waals surface area contributed by atoms with Gasteiger partial charge in [0.1, 0.15) is 0 Å². The first kappa shape index (κ1) is 15.0. The fourth-order valence-electron chi connectivity index (χ4n) is 2.65. The molecule has 1 saturated carbocycles. The van der Waals surface area contributed by atoms with E-state index >= 15 is 0 Å². The summed E-state index contributed by atoms with van der Waals surface area (Å²) in [6.07, 6.45) is 11.3. The molecule has 1 aliphatic rings. The number of hydrogen-bond acceptors (Lipinski definition) is 1. The van der Waals surface area contributed by atoms with E-state index in [1.807, 2.05) is 0 Å². The molecule has 0 aromatic carbocycles. The average Bonchev–Trinajstić information content (AvgIpc) is 3.07. The van der Waals surface area contributed by atoms with Crippen LogP contribution in [-0.4, -0.2) is 12.6 Å². The van der Waals surface area contributed by atoms with Gasteiger partial charge in [-0.2, -0.15) is 0 Å². The van der Waals surface area contributed by atoms with Crippen LogP contribution in [0.25, 0.3) is 0 Å². The van der Waals surface area contributed by atoms with Crippen LogP contribution in [0.5, 0.6) is 0 Å². The van der Waals surface area contributed by atoms with Crippen LogP contribution >= 0.6 is 0 Å². The maximum Gasteiger partial charge on any atom is 0.00389 e. The third-order valence-corrected chi connectivity index (χ3v) is 4.66. The Bertz CT molecular complexity index is 194. The molecule has 1 fully saturated rings. The summed E-state index contributed by atoms with van der Waals surface area (Å²) in [5.41, 5.74) is 0.663. The van der Waals surface area contributed by atoms with Crippen molar-refractivity contribution in [2.24, 2.45) is 11.3 Å². The van der Waals surface area contributed by atoms with Gasteiger partial charge in [0, 0.05) is 12.6 Å². The van der Waals surface area contributed by atoms with Crippen molar-refractivity contribution in [3.8, 4) is 0 Å². The van der Waals surface area contributed by atoms with E-state index in [0.29, 0.717) is 11.5 Å². The molecule has 0 aromatic heterocycles. The Morgan fingerprint density at radius 2 is 1.65 bits per heavy atom. The molecule has 0 amide bonds. The van der Waals surface area contributed by atoms with Crippen LogP contribution in [0.15, 0.2) is 0 Å². The maximum atomic E-state index is 3.76. The van der Waals surface area contributed by atoms with E-state index < -0.39 is 0 Å². The zero-order valence-corrected chi connectivity index (χ0v) is 12.5. The third-order valence-electron chi connectivity index (χ3n) is 4.66. The smallest absolute Gasteiger partial charge is 0.00389 e. The van der Waals surface area contributed by atoms with Crippen molar-refractivity contribution in [1.29, 1.82) is 0 Å². The minimum atomic E-state index is 0.663. The van der Waals surface area contributed by atoms with Gasteiger partial charge < -0.3 is 5.32 Å². The molecule has 1 nitrogen and oxygen atoms in total. The number of hydrogen-bond donors (Lipinski definition) is 1. The molecule has 1 heteroatoms. The zero-order valence-electron chi connectivity index (χ0n) is 12.5. The second-order valence-electron chi connectivity index (χ2n) is 6.50. The summed E-state index contributed by atoms with van der Waals surface area (Å²) < 4.78 is 0. The molecule has 1 atom stereocenters. The molecule has 0 saturated heterocycles. The molecule has 0 bridgehead atoms. The lowest BCUT2D eigenvalue weighted by Gasteiger charge is -2.23. The summed E-state index contributed by atoms with van der Waals surface area (Å²) in [6, 6.07) is 0.716. The lowest BCUT2D eigenvalue weighted by Crippen LogP contribution is -2.34. The summed E-state index contributed by atoms with van der Waals surface area (Å²) in [6.45, 7) is 10.6. The van der Waals surface area contributed by atoms with Crippen molar-refractivity contribution in [2.45, 2.75) is 85.1 Å². The summed E-state index contributed by atoms with van der Waals surface area (Å²) in [7, 11) is 0. The van der Waals surface area contributed by atoms with E-state index in [1.54, 1.807) is 0 Å². The SMILES string of the molecule is CCCCCCCC(C)NCC1(C(C)C)CC1. The molecule has 1 unspecified atom stereocenters. The molecule has 0 aliphatic heterocycles. The normalized spacial score (nSPS) is 19.6. The Balaban J connectivity index is 2.00. The van der Waals surface area contributed by atoms with Gasteiger partial charge in [0.15, 0.2) is 0 Å². The Morgan fingerprint density at radius 1 is 1.00 bits per heavy atom. The maximum absolute atomic E-state index is 3.76. The molecular weight excluding hydrogens is 206 g/mol. The summed E-state index contributed by atoms with van der Waals surface area (Å²) >= 11 is 0. The summed E-state index contributed by atoms with van der Waals surface area (Å²) in [4.78, 5) is 0. The highest BCUT2D eigenvalue weighted by Crippen LogP contribution is 2.51. The minimum Gasteiger partial charge on any atom is -0.314 e.